The number of benzene rings is 1. The highest BCUT2D eigenvalue weighted by atomic mass is 19.1. The summed E-state index contributed by atoms with van der Waals surface area (Å²) in [7, 11) is 0. The number of rotatable bonds is 1. The van der Waals surface area contributed by atoms with Crippen molar-refractivity contribution in [2.45, 2.75) is 18.9 Å². The van der Waals surface area contributed by atoms with E-state index in [1.165, 1.54) is 12.1 Å². The molecule has 0 heterocycles. The highest BCUT2D eigenvalue weighted by molar-refractivity contribution is 5.71. The van der Waals surface area contributed by atoms with Crippen LogP contribution in [0.1, 0.15) is 23.7 Å². The van der Waals surface area contributed by atoms with Crippen LogP contribution >= 0.6 is 0 Å². The molecule has 0 saturated heterocycles. The van der Waals surface area contributed by atoms with Crippen LogP contribution in [-0.2, 0) is 11.2 Å². The number of aliphatic hydroxyl groups is 1. The summed E-state index contributed by atoms with van der Waals surface area (Å²) in [4.78, 5) is 10.8. The minimum Gasteiger partial charge on any atom is -0.481 e. The first-order valence-electron chi connectivity index (χ1n) is 4.77. The van der Waals surface area contributed by atoms with Crippen molar-refractivity contribution in [1.82, 2.24) is 0 Å². The van der Waals surface area contributed by atoms with Crippen LogP contribution in [0, 0.1) is 11.7 Å². The Morgan fingerprint density at radius 2 is 2.20 bits per heavy atom. The molecule has 1 aliphatic carbocycles. The van der Waals surface area contributed by atoms with Gasteiger partial charge in [-0.3, -0.25) is 4.79 Å². The van der Waals surface area contributed by atoms with E-state index >= 15 is 0 Å². The molecule has 2 atom stereocenters. The normalized spacial score (nSPS) is 24.7. The van der Waals surface area contributed by atoms with Gasteiger partial charge in [0.05, 0.1) is 12.0 Å². The first-order chi connectivity index (χ1) is 7.09. The second kappa shape index (κ2) is 3.62. The second-order valence-electron chi connectivity index (χ2n) is 3.80. The van der Waals surface area contributed by atoms with Crippen LogP contribution < -0.4 is 0 Å². The van der Waals surface area contributed by atoms with E-state index in [-0.39, 0.29) is 12.8 Å². The largest absolute Gasteiger partial charge is 0.481 e. The van der Waals surface area contributed by atoms with Gasteiger partial charge in [0, 0.05) is 0 Å². The van der Waals surface area contributed by atoms with Crippen molar-refractivity contribution in [3.63, 3.8) is 0 Å². The van der Waals surface area contributed by atoms with Gasteiger partial charge in [0.15, 0.2) is 0 Å². The average Bonchev–Trinajstić information content (AvgIpc) is 2.19. The third-order valence-electron chi connectivity index (χ3n) is 2.82. The Bertz CT molecular complexity index is 403. The van der Waals surface area contributed by atoms with Crippen LogP contribution in [0.3, 0.4) is 0 Å². The number of fused-ring (bicyclic) bond motifs is 1. The molecule has 1 aromatic carbocycles. The lowest BCUT2D eigenvalue weighted by molar-refractivity contribution is -0.143. The summed E-state index contributed by atoms with van der Waals surface area (Å²) in [5.74, 6) is -2.11. The molecule has 2 N–H and O–H groups in total. The molecule has 4 heteroatoms. The van der Waals surface area contributed by atoms with Crippen molar-refractivity contribution < 1.29 is 19.4 Å². The van der Waals surface area contributed by atoms with Crippen molar-refractivity contribution in [3.8, 4) is 0 Å². The topological polar surface area (TPSA) is 57.5 Å². The lowest BCUT2D eigenvalue weighted by atomic mass is 9.82. The fourth-order valence-corrected chi connectivity index (χ4v) is 2.02. The van der Waals surface area contributed by atoms with Crippen molar-refractivity contribution >= 4 is 5.97 Å². The smallest absolute Gasteiger partial charge is 0.306 e. The van der Waals surface area contributed by atoms with Crippen molar-refractivity contribution in [3.05, 3.63) is 35.1 Å². The molecule has 0 aromatic heterocycles. The van der Waals surface area contributed by atoms with Gasteiger partial charge in [-0.25, -0.2) is 4.39 Å². The van der Waals surface area contributed by atoms with Crippen molar-refractivity contribution in [1.29, 1.82) is 0 Å². The van der Waals surface area contributed by atoms with E-state index in [1.54, 1.807) is 6.07 Å². The molecule has 15 heavy (non-hydrogen) atoms. The van der Waals surface area contributed by atoms with E-state index in [2.05, 4.69) is 0 Å². The van der Waals surface area contributed by atoms with Crippen LogP contribution in [-0.4, -0.2) is 16.2 Å². The summed E-state index contributed by atoms with van der Waals surface area (Å²) in [6, 6.07) is 4.45. The minimum atomic E-state index is -0.983. The van der Waals surface area contributed by atoms with E-state index in [0.29, 0.717) is 11.1 Å². The standard InChI is InChI=1S/C11H11FO3/c12-9-3-1-2-7-8(9)4-6(11(14)15)5-10(7)13/h1-3,6,10,13H,4-5H2,(H,14,15). The maximum Gasteiger partial charge on any atom is 0.306 e. The lowest BCUT2D eigenvalue weighted by Crippen LogP contribution is -2.25. The van der Waals surface area contributed by atoms with Crippen LogP contribution in [0.15, 0.2) is 18.2 Å². The highest BCUT2D eigenvalue weighted by Gasteiger charge is 2.31. The van der Waals surface area contributed by atoms with Crippen molar-refractivity contribution in [2.24, 2.45) is 5.92 Å². The van der Waals surface area contributed by atoms with Gasteiger partial charge in [-0.1, -0.05) is 12.1 Å². The number of aliphatic carboxylic acids is 1. The van der Waals surface area contributed by atoms with E-state index in [1.807, 2.05) is 0 Å². The molecule has 2 rings (SSSR count). The average molecular weight is 210 g/mol. The number of carbonyl (C=O) groups is 1. The van der Waals surface area contributed by atoms with Gasteiger partial charge in [-0.15, -0.1) is 0 Å². The van der Waals surface area contributed by atoms with E-state index in [0.717, 1.165) is 0 Å². The summed E-state index contributed by atoms with van der Waals surface area (Å²) >= 11 is 0. The molecular weight excluding hydrogens is 199 g/mol. The molecule has 0 spiro atoms. The van der Waals surface area contributed by atoms with Crippen LogP contribution in [0.5, 0.6) is 0 Å². The monoisotopic (exact) mass is 210 g/mol. The Hall–Kier alpha value is -1.42. The Morgan fingerprint density at radius 1 is 1.47 bits per heavy atom. The van der Waals surface area contributed by atoms with Gasteiger partial charge in [0.2, 0.25) is 0 Å². The fourth-order valence-electron chi connectivity index (χ4n) is 2.02. The quantitative estimate of drug-likeness (QED) is 0.738. The van der Waals surface area contributed by atoms with Gasteiger partial charge in [-0.2, -0.15) is 0 Å². The summed E-state index contributed by atoms with van der Waals surface area (Å²) in [5.41, 5.74) is 0.858. The Labute approximate surface area is 86.2 Å². The van der Waals surface area contributed by atoms with Gasteiger partial charge in [0.25, 0.3) is 0 Å². The van der Waals surface area contributed by atoms with Gasteiger partial charge in [-0.05, 0) is 30.0 Å². The third kappa shape index (κ3) is 1.72. The molecule has 1 aromatic rings. The van der Waals surface area contributed by atoms with Crippen LogP contribution in [0.4, 0.5) is 4.39 Å². The fraction of sp³-hybridized carbons (Fsp3) is 0.364. The molecule has 0 amide bonds. The number of hydrogen-bond acceptors (Lipinski definition) is 2. The first-order valence-corrected chi connectivity index (χ1v) is 4.77. The zero-order chi connectivity index (χ0) is 11.0. The first kappa shape index (κ1) is 10.1. The number of aliphatic hydroxyl groups excluding tert-OH is 1. The zero-order valence-electron chi connectivity index (χ0n) is 7.98. The predicted octanol–water partition coefficient (Wildman–Crippen LogP) is 1.51. The summed E-state index contributed by atoms with van der Waals surface area (Å²) in [6.45, 7) is 0. The molecule has 0 aliphatic heterocycles. The Kier molecular flexibility index (Phi) is 2.44. The molecular formula is C11H11FO3. The van der Waals surface area contributed by atoms with E-state index in [4.69, 9.17) is 5.11 Å². The molecule has 2 unspecified atom stereocenters. The minimum absolute atomic E-state index is 0.159. The molecule has 1 aliphatic rings. The zero-order valence-corrected chi connectivity index (χ0v) is 7.98. The van der Waals surface area contributed by atoms with Crippen molar-refractivity contribution in [2.75, 3.05) is 0 Å². The number of carboxylic acids is 1. The van der Waals surface area contributed by atoms with Crippen LogP contribution in [0.25, 0.3) is 0 Å². The second-order valence-corrected chi connectivity index (χ2v) is 3.80. The Balaban J connectivity index is 2.41. The predicted molar refractivity (Wildman–Crippen MR) is 50.8 cm³/mol. The Morgan fingerprint density at radius 3 is 2.87 bits per heavy atom. The molecule has 0 fully saturated rings. The number of carboxylic acid groups (broad SMARTS) is 1. The van der Waals surface area contributed by atoms with E-state index < -0.39 is 23.8 Å². The molecule has 0 saturated carbocycles. The highest BCUT2D eigenvalue weighted by Crippen LogP contribution is 2.34. The molecule has 80 valence electrons. The van der Waals surface area contributed by atoms with Gasteiger partial charge in [0.1, 0.15) is 5.82 Å². The van der Waals surface area contributed by atoms with Gasteiger partial charge >= 0.3 is 5.97 Å². The molecule has 0 radical (unpaired) electrons. The molecule has 0 bridgehead atoms. The number of halogens is 1. The summed E-state index contributed by atoms with van der Waals surface area (Å²) < 4.78 is 13.4. The maximum absolute atomic E-state index is 13.4. The van der Waals surface area contributed by atoms with Crippen LogP contribution in [0.2, 0.25) is 0 Å². The third-order valence-corrected chi connectivity index (χ3v) is 2.82. The summed E-state index contributed by atoms with van der Waals surface area (Å²) in [6.07, 6.45) is -0.550. The maximum atomic E-state index is 13.4. The number of hydrogen-bond donors (Lipinski definition) is 2. The lowest BCUT2D eigenvalue weighted by Gasteiger charge is -2.26. The SMILES string of the molecule is O=C(O)C1Cc2c(F)cccc2C(O)C1. The van der Waals surface area contributed by atoms with E-state index in [9.17, 15) is 14.3 Å². The van der Waals surface area contributed by atoms with Gasteiger partial charge < -0.3 is 10.2 Å². The molecule has 3 nitrogen and oxygen atoms in total. The summed E-state index contributed by atoms with van der Waals surface area (Å²) in [5, 5.41) is 18.5.